The number of ether oxygens (including phenoxy) is 4. The van der Waals surface area contributed by atoms with Crippen molar-refractivity contribution in [3.05, 3.63) is 24.3 Å². The number of hydrogen-bond donors (Lipinski definition) is 3. The normalized spacial score (nSPS) is 14.2. The molecule has 530 valence electrons. The van der Waals surface area contributed by atoms with E-state index in [-0.39, 0.29) is 25.7 Å². The van der Waals surface area contributed by atoms with Gasteiger partial charge in [-0.15, -0.1) is 0 Å². The molecule has 0 fully saturated rings. The third-order valence-corrected chi connectivity index (χ3v) is 17.8. The van der Waals surface area contributed by atoms with Crippen LogP contribution < -0.4 is 0 Å². The summed E-state index contributed by atoms with van der Waals surface area (Å²) in [4.78, 5) is 72.5. The fourth-order valence-corrected chi connectivity index (χ4v) is 11.9. The zero-order valence-electron chi connectivity index (χ0n) is 57.8. The van der Waals surface area contributed by atoms with Crippen LogP contribution in [0.3, 0.4) is 0 Å². The molecule has 0 aliphatic heterocycles. The van der Waals surface area contributed by atoms with E-state index in [1.807, 2.05) is 0 Å². The summed E-state index contributed by atoms with van der Waals surface area (Å²) in [6.45, 7) is 7.15. The van der Waals surface area contributed by atoms with E-state index in [1.54, 1.807) is 0 Å². The van der Waals surface area contributed by atoms with Crippen LogP contribution >= 0.6 is 15.6 Å². The third kappa shape index (κ3) is 64.3. The first-order valence-electron chi connectivity index (χ1n) is 36.5. The topological polar surface area (TPSA) is 237 Å². The molecule has 0 aromatic carbocycles. The zero-order chi connectivity index (χ0) is 66.3. The van der Waals surface area contributed by atoms with E-state index in [9.17, 15) is 43.2 Å². The summed E-state index contributed by atoms with van der Waals surface area (Å²) in [7, 11) is -9.91. The number of allylic oxidation sites excluding steroid dienone is 4. The second kappa shape index (κ2) is 63.9. The Hall–Kier alpha value is -2.46. The Morgan fingerprint density at radius 2 is 0.600 bits per heavy atom. The third-order valence-electron chi connectivity index (χ3n) is 15.9. The number of esters is 4. The molecule has 0 saturated carbocycles. The molecule has 0 bridgehead atoms. The fraction of sp³-hybridized carbons (Fsp3) is 0.887. The Balaban J connectivity index is 5.27. The van der Waals surface area contributed by atoms with Gasteiger partial charge >= 0.3 is 39.5 Å². The quantitative estimate of drug-likeness (QED) is 0.0169. The molecule has 0 aliphatic carbocycles. The first-order chi connectivity index (χ1) is 43.5. The van der Waals surface area contributed by atoms with Crippen molar-refractivity contribution in [1.29, 1.82) is 0 Å². The highest BCUT2D eigenvalue weighted by Crippen LogP contribution is 2.45. The predicted octanol–water partition coefficient (Wildman–Crippen LogP) is 20.1. The maximum absolute atomic E-state index is 13.0. The summed E-state index contributed by atoms with van der Waals surface area (Å²) in [5.74, 6) is -1.40. The Morgan fingerprint density at radius 1 is 0.344 bits per heavy atom. The van der Waals surface area contributed by atoms with Gasteiger partial charge in [0, 0.05) is 25.7 Å². The Labute approximate surface area is 548 Å². The fourth-order valence-electron chi connectivity index (χ4n) is 10.3. The molecule has 0 rings (SSSR count). The number of carbonyl (C=O) groups is 4. The molecule has 90 heavy (non-hydrogen) atoms. The number of hydrogen-bond acceptors (Lipinski definition) is 15. The van der Waals surface area contributed by atoms with Gasteiger partial charge in [0.2, 0.25) is 0 Å². The van der Waals surface area contributed by atoms with Crippen molar-refractivity contribution in [3.8, 4) is 0 Å². The van der Waals surface area contributed by atoms with Crippen molar-refractivity contribution in [2.75, 3.05) is 39.6 Å². The molecular formula is C71H134O17P2. The summed E-state index contributed by atoms with van der Waals surface area (Å²) in [5, 5.41) is 10.6. The summed E-state index contributed by atoms with van der Waals surface area (Å²) in [6.07, 6.45) is 53.5. The highest BCUT2D eigenvalue weighted by Gasteiger charge is 2.30. The maximum atomic E-state index is 13.0. The molecule has 19 heteroatoms. The lowest BCUT2D eigenvalue weighted by Crippen LogP contribution is -2.30. The Bertz CT molecular complexity index is 1830. The van der Waals surface area contributed by atoms with Gasteiger partial charge in [0.25, 0.3) is 0 Å². The summed E-state index contributed by atoms with van der Waals surface area (Å²) >= 11 is 0. The van der Waals surface area contributed by atoms with Gasteiger partial charge in [-0.05, 0) is 57.3 Å². The van der Waals surface area contributed by atoms with Crippen molar-refractivity contribution in [2.24, 2.45) is 5.92 Å². The van der Waals surface area contributed by atoms with E-state index in [0.717, 1.165) is 115 Å². The van der Waals surface area contributed by atoms with Gasteiger partial charge in [0.1, 0.15) is 19.3 Å². The maximum Gasteiger partial charge on any atom is 0.472 e. The Kier molecular flexibility index (Phi) is 62.2. The van der Waals surface area contributed by atoms with Crippen LogP contribution in [0.5, 0.6) is 0 Å². The lowest BCUT2D eigenvalue weighted by atomic mass is 10.0. The number of aliphatic hydroxyl groups is 1. The first kappa shape index (κ1) is 87.5. The molecule has 3 N–H and O–H groups in total. The molecule has 0 radical (unpaired) electrons. The van der Waals surface area contributed by atoms with Crippen LogP contribution in [0, 0.1) is 5.92 Å². The SMILES string of the molecule is CCCCCC/C=C\C=C/CCCCCCCC(=O)O[C@H](COC(=O)CCCCCCCCCCCCCCCC)COP(=O)(O)OC[C@@H](O)COP(=O)(O)OC[C@@H](COC(=O)CCCCCCCCCC)OC(=O)CCCCCCCCCCCCC(C)C. The molecule has 0 spiro atoms. The minimum atomic E-state index is -4.96. The molecule has 0 aromatic heterocycles. The van der Waals surface area contributed by atoms with Crippen LogP contribution in [0.1, 0.15) is 343 Å². The van der Waals surface area contributed by atoms with Gasteiger partial charge in [-0.1, -0.05) is 290 Å². The van der Waals surface area contributed by atoms with Crippen LogP contribution in [0.2, 0.25) is 0 Å². The van der Waals surface area contributed by atoms with Crippen molar-refractivity contribution in [1.82, 2.24) is 0 Å². The molecular weight excluding hydrogens is 1190 g/mol. The number of carbonyl (C=O) groups excluding carboxylic acids is 4. The second-order valence-corrected chi connectivity index (χ2v) is 28.3. The average Bonchev–Trinajstić information content (AvgIpc) is 3.73. The first-order valence-corrected chi connectivity index (χ1v) is 39.4. The summed E-state index contributed by atoms with van der Waals surface area (Å²) in [6, 6.07) is 0. The average molecular weight is 1320 g/mol. The van der Waals surface area contributed by atoms with Crippen LogP contribution in [0.15, 0.2) is 24.3 Å². The standard InChI is InChI=1S/C71H134O17P2/c1-6-9-12-15-18-21-23-25-27-29-31-36-41-46-51-56-70(75)88-67(61-82-69(74)55-50-45-40-35-30-28-26-24-22-19-16-13-10-7-2)63-86-90(79,80)84-59-65(72)58-83-89(77,78)85-62-66(60-81-68(73)54-49-44-39-20-17-14-11-8-3)87-71(76)57-52-47-42-37-33-32-34-38-43-48-53-64(4)5/h21,23,25,27,64-67,72H,6-20,22,24,26,28-63H2,1-5H3,(H,77,78)(H,79,80)/b23-21-,27-25-/t65-,66+,67+/m0/s1. The summed E-state index contributed by atoms with van der Waals surface area (Å²) < 4.78 is 68.2. The monoisotopic (exact) mass is 1320 g/mol. The van der Waals surface area contributed by atoms with E-state index in [4.69, 9.17) is 37.0 Å². The number of unbranched alkanes of at least 4 members (excludes halogenated alkanes) is 38. The highest BCUT2D eigenvalue weighted by molar-refractivity contribution is 7.47. The summed E-state index contributed by atoms with van der Waals surface area (Å²) in [5.41, 5.74) is 0. The van der Waals surface area contributed by atoms with Crippen LogP contribution in [-0.4, -0.2) is 96.7 Å². The van der Waals surface area contributed by atoms with E-state index in [2.05, 4.69) is 58.9 Å². The van der Waals surface area contributed by atoms with Gasteiger partial charge < -0.3 is 33.8 Å². The lowest BCUT2D eigenvalue weighted by molar-refractivity contribution is -0.161. The minimum absolute atomic E-state index is 0.0855. The number of phosphoric acid groups is 2. The second-order valence-electron chi connectivity index (χ2n) is 25.4. The van der Waals surface area contributed by atoms with Crippen molar-refractivity contribution in [2.45, 2.75) is 361 Å². The number of phosphoric ester groups is 2. The molecule has 0 heterocycles. The van der Waals surface area contributed by atoms with Crippen LogP contribution in [0.4, 0.5) is 0 Å². The van der Waals surface area contributed by atoms with Crippen molar-refractivity contribution >= 4 is 39.5 Å². The van der Waals surface area contributed by atoms with Gasteiger partial charge in [-0.2, -0.15) is 0 Å². The lowest BCUT2D eigenvalue weighted by Gasteiger charge is -2.21. The molecule has 0 aliphatic rings. The highest BCUT2D eigenvalue weighted by atomic mass is 31.2. The molecule has 0 amide bonds. The van der Waals surface area contributed by atoms with Gasteiger partial charge in [-0.25, -0.2) is 9.13 Å². The van der Waals surface area contributed by atoms with Crippen molar-refractivity contribution < 1.29 is 80.2 Å². The van der Waals surface area contributed by atoms with Crippen LogP contribution in [0.25, 0.3) is 0 Å². The van der Waals surface area contributed by atoms with Crippen molar-refractivity contribution in [3.63, 3.8) is 0 Å². The van der Waals surface area contributed by atoms with E-state index >= 15 is 0 Å². The molecule has 17 nitrogen and oxygen atoms in total. The smallest absolute Gasteiger partial charge is 0.462 e. The number of rotatable bonds is 69. The van der Waals surface area contributed by atoms with Gasteiger partial charge in [0.15, 0.2) is 12.2 Å². The molecule has 2 unspecified atom stereocenters. The molecule has 0 aromatic rings. The molecule has 5 atom stereocenters. The minimum Gasteiger partial charge on any atom is -0.462 e. The van der Waals surface area contributed by atoms with E-state index in [1.165, 1.54) is 148 Å². The zero-order valence-corrected chi connectivity index (χ0v) is 59.5. The van der Waals surface area contributed by atoms with Gasteiger partial charge in [0.05, 0.1) is 26.4 Å². The predicted molar refractivity (Wildman–Crippen MR) is 363 cm³/mol. The molecule has 0 saturated heterocycles. The van der Waals surface area contributed by atoms with E-state index < -0.39 is 97.5 Å². The largest absolute Gasteiger partial charge is 0.472 e. The van der Waals surface area contributed by atoms with Crippen LogP contribution in [-0.2, 0) is 65.4 Å². The van der Waals surface area contributed by atoms with E-state index in [0.29, 0.717) is 25.7 Å². The van der Waals surface area contributed by atoms with Gasteiger partial charge in [-0.3, -0.25) is 37.3 Å². The number of aliphatic hydroxyl groups excluding tert-OH is 1. The Morgan fingerprint density at radius 3 is 0.911 bits per heavy atom.